The molecule has 4 nitrogen and oxygen atoms in total. The minimum absolute atomic E-state index is 0.0185. The van der Waals surface area contributed by atoms with E-state index in [9.17, 15) is 21.6 Å². The van der Waals surface area contributed by atoms with Gasteiger partial charge in [-0.3, -0.25) is 0 Å². The molecule has 1 fully saturated rings. The summed E-state index contributed by atoms with van der Waals surface area (Å²) < 4.78 is 64.3. The summed E-state index contributed by atoms with van der Waals surface area (Å²) in [6.45, 7) is 1.34. The Hall–Kier alpha value is -1.28. The van der Waals surface area contributed by atoms with E-state index in [1.165, 1.54) is 12.1 Å². The Labute approximate surface area is 102 Å². The van der Waals surface area contributed by atoms with E-state index in [1.54, 1.807) is 0 Å². The smallest absolute Gasteiger partial charge is 0.488 e. The lowest BCUT2D eigenvalue weighted by Crippen LogP contribution is -2.50. The van der Waals surface area contributed by atoms with E-state index in [-0.39, 0.29) is 6.10 Å². The number of nitrogens with one attached hydrogen (secondary N) is 1. The summed E-state index contributed by atoms with van der Waals surface area (Å²) in [7, 11) is -5.28. The van der Waals surface area contributed by atoms with Crippen molar-refractivity contribution >= 4 is 9.84 Å². The molecule has 1 N–H and O–H groups in total. The number of sulfone groups is 1. The van der Waals surface area contributed by atoms with E-state index in [0.717, 1.165) is 12.1 Å². The van der Waals surface area contributed by atoms with Gasteiger partial charge in [-0.1, -0.05) is 0 Å². The van der Waals surface area contributed by atoms with Gasteiger partial charge in [-0.2, -0.15) is 13.2 Å². The molecule has 0 aliphatic carbocycles. The number of alkyl halides is 3. The van der Waals surface area contributed by atoms with E-state index < -0.39 is 20.2 Å². The molecular formula is C10H10F3NO3S. The maximum absolute atomic E-state index is 12.3. The van der Waals surface area contributed by atoms with Crippen molar-refractivity contribution in [3.8, 4) is 5.75 Å². The van der Waals surface area contributed by atoms with Gasteiger partial charge in [-0.05, 0) is 24.3 Å². The van der Waals surface area contributed by atoms with Crippen molar-refractivity contribution in [1.82, 2.24) is 5.32 Å². The molecule has 0 unspecified atom stereocenters. The van der Waals surface area contributed by atoms with Crippen molar-refractivity contribution in [2.75, 3.05) is 13.1 Å². The third-order valence-corrected chi connectivity index (χ3v) is 3.99. The van der Waals surface area contributed by atoms with E-state index in [0.29, 0.717) is 18.8 Å². The maximum atomic E-state index is 12.3. The predicted octanol–water partition coefficient (Wildman–Crippen LogP) is 1.33. The average molecular weight is 281 g/mol. The Morgan fingerprint density at radius 2 is 1.72 bits per heavy atom. The van der Waals surface area contributed by atoms with Crippen LogP contribution in [0.25, 0.3) is 0 Å². The monoisotopic (exact) mass is 281 g/mol. The Morgan fingerprint density at radius 1 is 1.17 bits per heavy atom. The second-order valence-electron chi connectivity index (χ2n) is 3.82. The summed E-state index contributed by atoms with van der Waals surface area (Å²) in [4.78, 5) is -0.783. The second-order valence-corrected chi connectivity index (χ2v) is 5.76. The highest BCUT2D eigenvalue weighted by Crippen LogP contribution is 2.31. The van der Waals surface area contributed by atoms with E-state index >= 15 is 0 Å². The molecule has 1 saturated heterocycles. The molecule has 1 aromatic carbocycles. The van der Waals surface area contributed by atoms with Crippen molar-refractivity contribution in [3.63, 3.8) is 0 Å². The molecule has 1 aromatic rings. The van der Waals surface area contributed by atoms with Crippen molar-refractivity contribution in [1.29, 1.82) is 0 Å². The zero-order chi connectivity index (χ0) is 13.4. The molecule has 100 valence electrons. The molecule has 1 aliphatic heterocycles. The molecule has 0 saturated carbocycles. The fourth-order valence-electron chi connectivity index (χ4n) is 1.37. The predicted molar refractivity (Wildman–Crippen MR) is 57.0 cm³/mol. The number of ether oxygens (including phenoxy) is 1. The molecule has 8 heteroatoms. The Kier molecular flexibility index (Phi) is 3.24. The highest BCUT2D eigenvalue weighted by atomic mass is 32.2. The van der Waals surface area contributed by atoms with Gasteiger partial charge in [0.25, 0.3) is 9.84 Å². The number of benzene rings is 1. The van der Waals surface area contributed by atoms with Gasteiger partial charge in [0.2, 0.25) is 0 Å². The summed E-state index contributed by atoms with van der Waals surface area (Å²) in [5, 5.41) is 2.97. The van der Waals surface area contributed by atoms with E-state index in [2.05, 4.69) is 5.32 Å². The third-order valence-electron chi connectivity index (χ3n) is 2.49. The molecule has 2 rings (SSSR count). The number of rotatable bonds is 3. The molecule has 0 aromatic heterocycles. The highest BCUT2D eigenvalue weighted by molar-refractivity contribution is 7.92. The first kappa shape index (κ1) is 13.2. The lowest BCUT2D eigenvalue weighted by Gasteiger charge is -2.27. The van der Waals surface area contributed by atoms with Crippen LogP contribution in [0.15, 0.2) is 29.2 Å². The second kappa shape index (κ2) is 4.43. The quantitative estimate of drug-likeness (QED) is 0.908. The molecule has 0 bridgehead atoms. The van der Waals surface area contributed by atoms with Gasteiger partial charge in [0, 0.05) is 13.1 Å². The van der Waals surface area contributed by atoms with Gasteiger partial charge >= 0.3 is 5.51 Å². The van der Waals surface area contributed by atoms with Gasteiger partial charge in [0.1, 0.15) is 11.9 Å². The van der Waals surface area contributed by atoms with Crippen LogP contribution in [-0.2, 0) is 9.84 Å². The first-order valence-electron chi connectivity index (χ1n) is 5.09. The average Bonchev–Trinajstić information content (AvgIpc) is 2.22. The first-order chi connectivity index (χ1) is 8.30. The van der Waals surface area contributed by atoms with Crippen molar-refractivity contribution in [2.24, 2.45) is 0 Å². The Morgan fingerprint density at radius 3 is 2.11 bits per heavy atom. The van der Waals surface area contributed by atoms with Gasteiger partial charge in [-0.15, -0.1) is 0 Å². The van der Waals surface area contributed by atoms with Crippen LogP contribution in [-0.4, -0.2) is 33.1 Å². The van der Waals surface area contributed by atoms with Crippen LogP contribution in [0.5, 0.6) is 5.75 Å². The van der Waals surface area contributed by atoms with Crippen LogP contribution in [0.2, 0.25) is 0 Å². The lowest BCUT2D eigenvalue weighted by molar-refractivity contribution is -0.0436. The molecule has 1 aliphatic rings. The maximum Gasteiger partial charge on any atom is 0.501 e. The standard InChI is InChI=1S/C10H10F3NO3S/c11-10(12,13)18(15,16)9-3-1-7(2-4-9)17-8-5-14-6-8/h1-4,8,14H,5-6H2. The minimum Gasteiger partial charge on any atom is -0.488 e. The summed E-state index contributed by atoms with van der Waals surface area (Å²) >= 11 is 0. The first-order valence-corrected chi connectivity index (χ1v) is 6.58. The number of hydrogen-bond donors (Lipinski definition) is 1. The minimum atomic E-state index is -5.28. The Balaban J connectivity index is 2.17. The zero-order valence-electron chi connectivity index (χ0n) is 9.07. The molecule has 0 atom stereocenters. The van der Waals surface area contributed by atoms with Gasteiger partial charge in [-0.25, -0.2) is 8.42 Å². The zero-order valence-corrected chi connectivity index (χ0v) is 9.88. The van der Waals surface area contributed by atoms with Crippen molar-refractivity contribution in [3.05, 3.63) is 24.3 Å². The van der Waals surface area contributed by atoms with Crippen LogP contribution in [0, 0.1) is 0 Å². The van der Waals surface area contributed by atoms with Crippen LogP contribution in [0.4, 0.5) is 13.2 Å². The molecule has 1 heterocycles. The highest BCUT2D eigenvalue weighted by Gasteiger charge is 2.46. The van der Waals surface area contributed by atoms with Crippen LogP contribution in [0.3, 0.4) is 0 Å². The third kappa shape index (κ3) is 2.44. The normalized spacial score (nSPS) is 17.3. The van der Waals surface area contributed by atoms with Gasteiger partial charge in [0.05, 0.1) is 4.90 Å². The van der Waals surface area contributed by atoms with Crippen LogP contribution >= 0.6 is 0 Å². The van der Waals surface area contributed by atoms with Crippen molar-refractivity contribution < 1.29 is 26.3 Å². The van der Waals surface area contributed by atoms with E-state index in [1.807, 2.05) is 0 Å². The van der Waals surface area contributed by atoms with Crippen LogP contribution < -0.4 is 10.1 Å². The lowest BCUT2D eigenvalue weighted by atomic mass is 10.2. The SMILES string of the molecule is O=S(=O)(c1ccc(OC2CNC2)cc1)C(F)(F)F. The molecule has 18 heavy (non-hydrogen) atoms. The fourth-order valence-corrected chi connectivity index (χ4v) is 2.13. The summed E-state index contributed by atoms with van der Waals surface area (Å²) in [5.41, 5.74) is -5.28. The van der Waals surface area contributed by atoms with Gasteiger partial charge < -0.3 is 10.1 Å². The topological polar surface area (TPSA) is 55.4 Å². The number of hydrogen-bond acceptors (Lipinski definition) is 4. The van der Waals surface area contributed by atoms with Crippen LogP contribution in [0.1, 0.15) is 0 Å². The molecule has 0 radical (unpaired) electrons. The Bertz CT molecular complexity index is 520. The van der Waals surface area contributed by atoms with Crippen molar-refractivity contribution in [2.45, 2.75) is 16.5 Å². The fraction of sp³-hybridized carbons (Fsp3) is 0.400. The molecule has 0 amide bonds. The van der Waals surface area contributed by atoms with Gasteiger partial charge in [0.15, 0.2) is 0 Å². The largest absolute Gasteiger partial charge is 0.501 e. The van der Waals surface area contributed by atoms with E-state index in [4.69, 9.17) is 4.74 Å². The molecule has 0 spiro atoms. The summed E-state index contributed by atoms with van der Waals surface area (Å²) in [6, 6.07) is 4.22. The number of halogens is 3. The summed E-state index contributed by atoms with van der Waals surface area (Å²) in [5.74, 6) is 0.350. The summed E-state index contributed by atoms with van der Waals surface area (Å²) in [6.07, 6.45) is -0.0185. The molecular weight excluding hydrogens is 271 g/mol.